The van der Waals surface area contributed by atoms with Crippen LogP contribution >= 0.6 is 0 Å². The molecule has 1 aliphatic heterocycles. The van der Waals surface area contributed by atoms with Gasteiger partial charge in [-0.15, -0.1) is 0 Å². The van der Waals surface area contributed by atoms with Gasteiger partial charge in [0.1, 0.15) is 12.6 Å². The molecular weight excluding hydrogens is 442 g/mol. The van der Waals surface area contributed by atoms with Gasteiger partial charge in [-0.2, -0.15) is 0 Å². The van der Waals surface area contributed by atoms with Gasteiger partial charge in [0.2, 0.25) is 0 Å². The van der Waals surface area contributed by atoms with Gasteiger partial charge in [-0.3, -0.25) is 0 Å². The highest BCUT2D eigenvalue weighted by Gasteiger charge is 2.30. The SMILES string of the molecule is O=C(N[C@@H](Cc1cccc(C2CCOCC2)c1)C(=O)O)OCC1c2ccccc2-c2ccccc21. The first kappa shape index (κ1) is 23.1. The van der Waals surface area contributed by atoms with Crippen molar-refractivity contribution in [3.8, 4) is 11.1 Å². The van der Waals surface area contributed by atoms with Gasteiger partial charge in [-0.1, -0.05) is 72.8 Å². The van der Waals surface area contributed by atoms with Gasteiger partial charge in [-0.05, 0) is 52.1 Å². The maximum absolute atomic E-state index is 12.6. The van der Waals surface area contributed by atoms with E-state index in [1.54, 1.807) is 0 Å². The zero-order valence-corrected chi connectivity index (χ0v) is 19.5. The van der Waals surface area contributed by atoms with Crippen LogP contribution in [-0.2, 0) is 20.7 Å². The lowest BCUT2D eigenvalue weighted by Crippen LogP contribution is -2.42. The highest BCUT2D eigenvalue weighted by atomic mass is 16.5. The summed E-state index contributed by atoms with van der Waals surface area (Å²) in [5, 5.41) is 12.3. The second-order valence-electron chi connectivity index (χ2n) is 9.20. The molecule has 0 radical (unpaired) electrons. The van der Waals surface area contributed by atoms with Crippen molar-refractivity contribution >= 4 is 12.1 Å². The third-order valence-electron chi connectivity index (χ3n) is 7.02. The molecule has 0 unspecified atom stereocenters. The topological polar surface area (TPSA) is 84.9 Å². The molecule has 180 valence electrons. The Balaban J connectivity index is 1.23. The number of ether oxygens (including phenoxy) is 2. The van der Waals surface area contributed by atoms with Crippen molar-refractivity contribution in [1.82, 2.24) is 5.32 Å². The fourth-order valence-corrected chi connectivity index (χ4v) is 5.22. The molecular formula is C29H29NO5. The highest BCUT2D eigenvalue weighted by molar-refractivity contribution is 5.81. The Morgan fingerprint density at radius 3 is 2.26 bits per heavy atom. The van der Waals surface area contributed by atoms with Crippen molar-refractivity contribution in [2.45, 2.75) is 37.1 Å². The molecule has 35 heavy (non-hydrogen) atoms. The Morgan fingerprint density at radius 1 is 0.943 bits per heavy atom. The molecule has 6 nitrogen and oxygen atoms in total. The zero-order chi connectivity index (χ0) is 24.2. The van der Waals surface area contributed by atoms with Crippen LogP contribution in [0.1, 0.15) is 46.9 Å². The minimum Gasteiger partial charge on any atom is -0.480 e. The first-order valence-corrected chi connectivity index (χ1v) is 12.1. The standard InChI is InChI=1S/C29H29NO5/c31-28(32)27(17-19-6-5-7-21(16-19)20-12-14-34-15-13-20)30-29(33)35-18-26-24-10-3-1-8-22(24)23-9-2-4-11-25(23)26/h1-11,16,20,26-27H,12-15,17-18H2,(H,30,33)(H,31,32)/t27-/m0/s1. The smallest absolute Gasteiger partial charge is 0.407 e. The molecule has 0 spiro atoms. The molecule has 1 atom stereocenters. The predicted octanol–water partition coefficient (Wildman–Crippen LogP) is 5.12. The third kappa shape index (κ3) is 5.08. The summed E-state index contributed by atoms with van der Waals surface area (Å²) in [4.78, 5) is 24.6. The molecule has 3 aromatic rings. The lowest BCUT2D eigenvalue weighted by atomic mass is 9.90. The van der Waals surface area contributed by atoms with E-state index >= 15 is 0 Å². The Hall–Kier alpha value is -3.64. The number of carbonyl (C=O) groups excluding carboxylic acids is 1. The number of carboxylic acid groups (broad SMARTS) is 1. The second-order valence-corrected chi connectivity index (χ2v) is 9.20. The summed E-state index contributed by atoms with van der Waals surface area (Å²) in [7, 11) is 0. The van der Waals surface area contributed by atoms with Crippen molar-refractivity contribution in [3.63, 3.8) is 0 Å². The lowest BCUT2D eigenvalue weighted by molar-refractivity contribution is -0.139. The van der Waals surface area contributed by atoms with Gasteiger partial charge < -0.3 is 19.9 Å². The quantitative estimate of drug-likeness (QED) is 0.500. The molecule has 2 aliphatic rings. The van der Waals surface area contributed by atoms with Crippen molar-refractivity contribution in [2.24, 2.45) is 0 Å². The fraction of sp³-hybridized carbons (Fsp3) is 0.310. The number of benzene rings is 3. The molecule has 3 aromatic carbocycles. The number of fused-ring (bicyclic) bond motifs is 3. The van der Waals surface area contributed by atoms with Crippen LogP contribution in [0.2, 0.25) is 0 Å². The van der Waals surface area contributed by atoms with Gasteiger partial charge in [0, 0.05) is 25.6 Å². The number of hydrogen-bond acceptors (Lipinski definition) is 4. The summed E-state index contributed by atoms with van der Waals surface area (Å²) in [6.07, 6.45) is 1.39. The summed E-state index contributed by atoms with van der Waals surface area (Å²) in [5.41, 5.74) is 6.58. The molecule has 1 aliphatic carbocycles. The highest BCUT2D eigenvalue weighted by Crippen LogP contribution is 2.44. The van der Waals surface area contributed by atoms with Gasteiger partial charge in [0.15, 0.2) is 0 Å². The van der Waals surface area contributed by atoms with Crippen LogP contribution in [0.3, 0.4) is 0 Å². The minimum absolute atomic E-state index is 0.0763. The van der Waals surface area contributed by atoms with Crippen LogP contribution in [0.15, 0.2) is 72.8 Å². The minimum atomic E-state index is -1.09. The molecule has 1 fully saturated rings. The summed E-state index contributed by atoms with van der Waals surface area (Å²) in [5.74, 6) is -0.746. The molecule has 0 bridgehead atoms. The number of aliphatic carboxylic acids is 1. The number of amides is 1. The first-order chi connectivity index (χ1) is 17.1. The third-order valence-corrected chi connectivity index (χ3v) is 7.02. The van der Waals surface area contributed by atoms with E-state index in [1.807, 2.05) is 54.6 Å². The second kappa shape index (κ2) is 10.3. The number of hydrogen-bond donors (Lipinski definition) is 2. The summed E-state index contributed by atoms with van der Waals surface area (Å²) < 4.78 is 11.0. The Kier molecular flexibility index (Phi) is 6.82. The van der Waals surface area contributed by atoms with Gasteiger partial charge in [-0.25, -0.2) is 9.59 Å². The number of nitrogens with one attached hydrogen (secondary N) is 1. The van der Waals surface area contributed by atoms with Crippen LogP contribution in [0.4, 0.5) is 4.79 Å². The predicted molar refractivity (Wildman–Crippen MR) is 133 cm³/mol. The summed E-state index contributed by atoms with van der Waals surface area (Å²) in [6, 6.07) is 23.1. The van der Waals surface area contributed by atoms with Crippen molar-refractivity contribution in [2.75, 3.05) is 19.8 Å². The number of carboxylic acids is 1. The normalized spacial score (nSPS) is 16.2. The van der Waals surface area contributed by atoms with Crippen molar-refractivity contribution in [3.05, 3.63) is 95.1 Å². The van der Waals surface area contributed by atoms with Crippen LogP contribution < -0.4 is 5.32 Å². The van der Waals surface area contributed by atoms with Crippen molar-refractivity contribution in [1.29, 1.82) is 0 Å². The summed E-state index contributed by atoms with van der Waals surface area (Å²) >= 11 is 0. The van der Waals surface area contributed by atoms with E-state index in [2.05, 4.69) is 23.5 Å². The average Bonchev–Trinajstić information content (AvgIpc) is 3.21. The van der Waals surface area contributed by atoms with E-state index < -0.39 is 18.1 Å². The Labute approximate surface area is 204 Å². The Morgan fingerprint density at radius 2 is 1.60 bits per heavy atom. The van der Waals surface area contributed by atoms with E-state index in [0.717, 1.165) is 53.9 Å². The monoisotopic (exact) mass is 471 g/mol. The summed E-state index contributed by atoms with van der Waals surface area (Å²) in [6.45, 7) is 1.64. The molecule has 0 aromatic heterocycles. The number of alkyl carbamates (subject to hydrolysis) is 1. The molecule has 2 N–H and O–H groups in total. The van der Waals surface area contributed by atoms with E-state index in [-0.39, 0.29) is 18.9 Å². The molecule has 1 saturated heterocycles. The average molecular weight is 472 g/mol. The van der Waals surface area contributed by atoms with E-state index in [4.69, 9.17) is 9.47 Å². The molecule has 5 rings (SSSR count). The number of rotatable bonds is 7. The van der Waals surface area contributed by atoms with Gasteiger partial charge in [0.25, 0.3) is 0 Å². The first-order valence-electron chi connectivity index (χ1n) is 12.1. The lowest BCUT2D eigenvalue weighted by Gasteiger charge is -2.23. The van der Waals surface area contributed by atoms with Gasteiger partial charge >= 0.3 is 12.1 Å². The molecule has 0 saturated carbocycles. The Bertz CT molecular complexity index is 1170. The van der Waals surface area contributed by atoms with E-state index in [9.17, 15) is 14.7 Å². The van der Waals surface area contributed by atoms with Crippen LogP contribution in [0.5, 0.6) is 0 Å². The van der Waals surface area contributed by atoms with E-state index in [1.165, 1.54) is 5.56 Å². The molecule has 6 heteroatoms. The maximum atomic E-state index is 12.6. The maximum Gasteiger partial charge on any atom is 0.407 e. The van der Waals surface area contributed by atoms with Gasteiger partial charge in [0.05, 0.1) is 0 Å². The van der Waals surface area contributed by atoms with Crippen molar-refractivity contribution < 1.29 is 24.2 Å². The number of carbonyl (C=O) groups is 2. The van der Waals surface area contributed by atoms with Crippen LogP contribution in [0.25, 0.3) is 11.1 Å². The fourth-order valence-electron chi connectivity index (χ4n) is 5.22. The molecule has 1 heterocycles. The van der Waals surface area contributed by atoms with Crippen LogP contribution in [-0.4, -0.2) is 43.0 Å². The zero-order valence-electron chi connectivity index (χ0n) is 19.5. The van der Waals surface area contributed by atoms with Crippen LogP contribution in [0, 0.1) is 0 Å². The largest absolute Gasteiger partial charge is 0.480 e. The van der Waals surface area contributed by atoms with E-state index in [0.29, 0.717) is 5.92 Å². The molecule has 1 amide bonds.